The molecule has 0 atom stereocenters. The molecule has 0 spiro atoms. The number of aryl methyl sites for hydroxylation is 1. The van der Waals surface area contributed by atoms with Crippen LogP contribution in [0.4, 0.5) is 0 Å². The smallest absolute Gasteiger partial charge is 0.363 e. The van der Waals surface area contributed by atoms with Crippen LogP contribution in [0.5, 0.6) is 11.5 Å². The van der Waals surface area contributed by atoms with E-state index >= 15 is 0 Å². The van der Waals surface area contributed by atoms with Crippen molar-refractivity contribution in [2.24, 2.45) is 4.99 Å². The Bertz CT molecular complexity index is 1120. The SMILES string of the molecule is Cc1ccc(OCCCOc2ccc(Cl)cc2C=C2N=C(c3ccco3)OC2=O)cc1. The van der Waals surface area contributed by atoms with Crippen LogP contribution in [-0.4, -0.2) is 25.1 Å². The third-order valence-electron chi connectivity index (χ3n) is 4.45. The van der Waals surface area contributed by atoms with Gasteiger partial charge in [-0.25, -0.2) is 9.79 Å². The van der Waals surface area contributed by atoms with E-state index in [1.807, 2.05) is 31.2 Å². The van der Waals surface area contributed by atoms with Crippen molar-refractivity contribution in [3.05, 3.63) is 88.5 Å². The van der Waals surface area contributed by atoms with E-state index in [0.717, 1.165) is 5.75 Å². The Hall–Kier alpha value is -3.51. The van der Waals surface area contributed by atoms with E-state index in [0.29, 0.717) is 41.7 Å². The largest absolute Gasteiger partial charge is 0.493 e. The second-order valence-corrected chi connectivity index (χ2v) is 7.30. The number of carbonyl (C=O) groups is 1. The summed E-state index contributed by atoms with van der Waals surface area (Å²) in [6.45, 7) is 3.00. The Morgan fingerprint density at radius 2 is 1.87 bits per heavy atom. The highest BCUT2D eigenvalue weighted by atomic mass is 35.5. The minimum absolute atomic E-state index is 0.124. The molecule has 1 aromatic heterocycles. The first kappa shape index (κ1) is 20.8. The zero-order valence-electron chi connectivity index (χ0n) is 16.8. The zero-order chi connectivity index (χ0) is 21.6. The Kier molecular flexibility index (Phi) is 6.38. The van der Waals surface area contributed by atoms with E-state index in [-0.39, 0.29) is 11.6 Å². The van der Waals surface area contributed by atoms with Gasteiger partial charge in [-0.05, 0) is 55.5 Å². The maximum Gasteiger partial charge on any atom is 0.363 e. The molecule has 0 N–H and O–H groups in total. The van der Waals surface area contributed by atoms with Gasteiger partial charge in [-0.1, -0.05) is 29.3 Å². The molecule has 0 saturated heterocycles. The average Bonchev–Trinajstić information content (AvgIpc) is 3.41. The van der Waals surface area contributed by atoms with E-state index in [4.69, 9.17) is 30.2 Å². The molecule has 7 heteroatoms. The first-order chi connectivity index (χ1) is 15.1. The number of esters is 1. The number of rotatable bonds is 8. The number of ether oxygens (including phenoxy) is 3. The lowest BCUT2D eigenvalue weighted by atomic mass is 10.1. The normalized spacial score (nSPS) is 14.5. The summed E-state index contributed by atoms with van der Waals surface area (Å²) in [6, 6.07) is 16.5. The quantitative estimate of drug-likeness (QED) is 0.267. The van der Waals surface area contributed by atoms with Gasteiger partial charge in [-0.2, -0.15) is 0 Å². The first-order valence-corrected chi connectivity index (χ1v) is 10.1. The van der Waals surface area contributed by atoms with Gasteiger partial charge in [-0.3, -0.25) is 0 Å². The Balaban J connectivity index is 1.40. The van der Waals surface area contributed by atoms with Crippen LogP contribution in [0.25, 0.3) is 6.08 Å². The Morgan fingerprint density at radius 3 is 2.65 bits per heavy atom. The molecule has 1 aliphatic rings. The summed E-state index contributed by atoms with van der Waals surface area (Å²) in [5.74, 6) is 1.35. The van der Waals surface area contributed by atoms with Crippen LogP contribution in [0, 0.1) is 6.92 Å². The molecule has 0 fully saturated rings. The summed E-state index contributed by atoms with van der Waals surface area (Å²) in [7, 11) is 0. The van der Waals surface area contributed by atoms with Crippen LogP contribution in [0.15, 0.2) is 76.0 Å². The molecule has 0 unspecified atom stereocenters. The van der Waals surface area contributed by atoms with Crippen molar-refractivity contribution in [3.8, 4) is 11.5 Å². The van der Waals surface area contributed by atoms with E-state index in [9.17, 15) is 4.79 Å². The first-order valence-electron chi connectivity index (χ1n) is 9.77. The van der Waals surface area contributed by atoms with E-state index in [1.54, 1.807) is 36.4 Å². The topological polar surface area (TPSA) is 70.3 Å². The van der Waals surface area contributed by atoms with E-state index in [1.165, 1.54) is 11.8 Å². The van der Waals surface area contributed by atoms with Gasteiger partial charge in [0.05, 0.1) is 19.5 Å². The minimum Gasteiger partial charge on any atom is -0.493 e. The van der Waals surface area contributed by atoms with Gasteiger partial charge in [0, 0.05) is 17.0 Å². The molecule has 0 radical (unpaired) electrons. The fourth-order valence-corrected chi connectivity index (χ4v) is 3.07. The van der Waals surface area contributed by atoms with E-state index in [2.05, 4.69) is 4.99 Å². The molecule has 4 rings (SSSR count). The van der Waals surface area contributed by atoms with Crippen molar-refractivity contribution in [3.63, 3.8) is 0 Å². The van der Waals surface area contributed by atoms with Crippen LogP contribution >= 0.6 is 11.6 Å². The summed E-state index contributed by atoms with van der Waals surface area (Å²) < 4.78 is 22.0. The summed E-state index contributed by atoms with van der Waals surface area (Å²) in [5, 5.41) is 0.517. The van der Waals surface area contributed by atoms with Crippen LogP contribution in [0.1, 0.15) is 23.3 Å². The molecule has 0 amide bonds. The monoisotopic (exact) mass is 437 g/mol. The van der Waals surface area contributed by atoms with Gasteiger partial charge in [0.25, 0.3) is 5.90 Å². The second-order valence-electron chi connectivity index (χ2n) is 6.86. The number of hydrogen-bond donors (Lipinski definition) is 0. The third-order valence-corrected chi connectivity index (χ3v) is 4.69. The van der Waals surface area contributed by atoms with Gasteiger partial charge in [-0.15, -0.1) is 0 Å². The molecule has 158 valence electrons. The fraction of sp³-hybridized carbons (Fsp3) is 0.167. The highest BCUT2D eigenvalue weighted by molar-refractivity contribution is 6.30. The third kappa shape index (κ3) is 5.35. The van der Waals surface area contributed by atoms with Crippen molar-refractivity contribution in [1.82, 2.24) is 0 Å². The highest BCUT2D eigenvalue weighted by Gasteiger charge is 2.26. The van der Waals surface area contributed by atoms with Crippen molar-refractivity contribution in [2.75, 3.05) is 13.2 Å². The number of hydrogen-bond acceptors (Lipinski definition) is 6. The van der Waals surface area contributed by atoms with Gasteiger partial charge >= 0.3 is 5.97 Å². The fourth-order valence-electron chi connectivity index (χ4n) is 2.89. The van der Waals surface area contributed by atoms with Gasteiger partial charge < -0.3 is 18.6 Å². The lowest BCUT2D eigenvalue weighted by molar-refractivity contribution is -0.130. The van der Waals surface area contributed by atoms with Gasteiger partial charge in [0.1, 0.15) is 11.5 Å². The molecular formula is C24H20ClNO5. The highest BCUT2D eigenvalue weighted by Crippen LogP contribution is 2.28. The maximum absolute atomic E-state index is 12.2. The van der Waals surface area contributed by atoms with Gasteiger partial charge in [0.15, 0.2) is 11.5 Å². The Labute approximate surface area is 184 Å². The summed E-state index contributed by atoms with van der Waals surface area (Å²) in [4.78, 5) is 16.4. The molecule has 0 bridgehead atoms. The lowest BCUT2D eigenvalue weighted by Gasteiger charge is -2.11. The number of benzene rings is 2. The molecule has 0 aliphatic carbocycles. The number of carbonyl (C=O) groups excluding carboxylic acids is 1. The van der Waals surface area contributed by atoms with Crippen molar-refractivity contribution < 1.29 is 23.4 Å². The molecule has 31 heavy (non-hydrogen) atoms. The molecule has 1 aliphatic heterocycles. The van der Waals surface area contributed by atoms with Crippen LogP contribution in [0.3, 0.4) is 0 Å². The van der Waals surface area contributed by atoms with Crippen LogP contribution in [-0.2, 0) is 9.53 Å². The standard InChI is InChI=1S/C24H20ClNO5/c1-16-5-8-19(9-6-16)28-12-3-13-29-21-10-7-18(25)14-17(21)15-20-24(27)31-23(26-20)22-4-2-11-30-22/h2,4-11,14-15H,3,12-13H2,1H3. The molecule has 3 aromatic rings. The number of cyclic esters (lactones) is 1. The molecule has 2 heterocycles. The number of aliphatic imine (C=N–C) groups is 1. The summed E-state index contributed by atoms with van der Waals surface area (Å²) in [6.07, 6.45) is 3.76. The van der Waals surface area contributed by atoms with E-state index < -0.39 is 5.97 Å². The molecule has 0 saturated carbocycles. The predicted molar refractivity (Wildman–Crippen MR) is 118 cm³/mol. The average molecular weight is 438 g/mol. The number of halogens is 1. The minimum atomic E-state index is -0.566. The van der Waals surface area contributed by atoms with Crippen molar-refractivity contribution in [1.29, 1.82) is 0 Å². The number of nitrogens with zero attached hydrogens (tertiary/aromatic N) is 1. The maximum atomic E-state index is 12.2. The van der Waals surface area contributed by atoms with Crippen molar-refractivity contribution in [2.45, 2.75) is 13.3 Å². The molecular weight excluding hydrogens is 418 g/mol. The van der Waals surface area contributed by atoms with Gasteiger partial charge in [0.2, 0.25) is 0 Å². The predicted octanol–water partition coefficient (Wildman–Crippen LogP) is 5.43. The van der Waals surface area contributed by atoms with Crippen LogP contribution in [0.2, 0.25) is 5.02 Å². The Morgan fingerprint density at radius 1 is 1.06 bits per heavy atom. The number of furan rings is 1. The lowest BCUT2D eigenvalue weighted by Crippen LogP contribution is -2.06. The summed E-state index contributed by atoms with van der Waals surface area (Å²) >= 11 is 6.14. The molecule has 2 aromatic carbocycles. The van der Waals surface area contributed by atoms with Crippen LogP contribution < -0.4 is 9.47 Å². The second kappa shape index (κ2) is 9.53. The zero-order valence-corrected chi connectivity index (χ0v) is 17.6. The molecule has 6 nitrogen and oxygen atoms in total. The van der Waals surface area contributed by atoms with Crippen molar-refractivity contribution >= 4 is 29.5 Å². The summed E-state index contributed by atoms with van der Waals surface area (Å²) in [5.41, 5.74) is 1.95.